The maximum absolute atomic E-state index is 11.5. The molecule has 0 atom stereocenters. The fourth-order valence-corrected chi connectivity index (χ4v) is 2.03. The van der Waals surface area contributed by atoms with Crippen LogP contribution in [0.2, 0.25) is 0 Å². The minimum atomic E-state index is -0.554. The molecule has 0 aliphatic rings. The Morgan fingerprint density at radius 3 is 3.00 bits per heavy atom. The van der Waals surface area contributed by atoms with Crippen molar-refractivity contribution < 1.29 is 9.53 Å². The molecule has 0 spiro atoms. The molecule has 0 radical (unpaired) electrons. The average molecular weight is 237 g/mol. The zero-order chi connectivity index (χ0) is 12.1. The van der Waals surface area contributed by atoms with Gasteiger partial charge in [0.1, 0.15) is 21.5 Å². The molecule has 1 rings (SSSR count). The minimum absolute atomic E-state index is 0.158. The molecule has 1 heterocycles. The molecule has 1 aromatic heterocycles. The van der Waals surface area contributed by atoms with Gasteiger partial charge in [-0.1, -0.05) is 6.08 Å². The van der Waals surface area contributed by atoms with Crippen molar-refractivity contribution >= 4 is 28.0 Å². The van der Waals surface area contributed by atoms with Crippen molar-refractivity contribution in [2.75, 3.05) is 24.7 Å². The van der Waals surface area contributed by atoms with E-state index in [1.165, 1.54) is 7.11 Å². The second-order valence-electron chi connectivity index (χ2n) is 2.82. The van der Waals surface area contributed by atoms with Crippen LogP contribution in [0.3, 0.4) is 0 Å². The first-order valence-electron chi connectivity index (χ1n) is 4.41. The van der Waals surface area contributed by atoms with Crippen molar-refractivity contribution in [2.24, 2.45) is 0 Å². The zero-order valence-electron chi connectivity index (χ0n) is 8.74. The number of hydrogen-bond donors (Lipinski definition) is 2. The molecule has 0 fully saturated rings. The summed E-state index contributed by atoms with van der Waals surface area (Å²) >= 11 is 1.12. The van der Waals surface area contributed by atoms with Crippen LogP contribution in [0.15, 0.2) is 12.7 Å². The molecule has 3 N–H and O–H groups in total. The summed E-state index contributed by atoms with van der Waals surface area (Å²) in [5.74, 6) is -0.554. The summed E-state index contributed by atoms with van der Waals surface area (Å²) in [6, 6.07) is 1.93. The van der Waals surface area contributed by atoms with Crippen LogP contribution >= 0.6 is 11.3 Å². The van der Waals surface area contributed by atoms with E-state index in [9.17, 15) is 4.79 Å². The van der Waals surface area contributed by atoms with Gasteiger partial charge in [0, 0.05) is 6.54 Å². The van der Waals surface area contributed by atoms with Crippen molar-refractivity contribution in [2.45, 2.75) is 0 Å². The third-order valence-corrected chi connectivity index (χ3v) is 2.91. The van der Waals surface area contributed by atoms with E-state index in [1.807, 2.05) is 6.07 Å². The SMILES string of the molecule is C=CCNc1sc(C#N)c(N)c1C(=O)OC. The number of ether oxygens (including phenoxy) is 1. The number of nitrogens with zero attached hydrogens (tertiary/aromatic N) is 1. The Labute approximate surface area is 97.1 Å². The van der Waals surface area contributed by atoms with E-state index < -0.39 is 5.97 Å². The van der Waals surface area contributed by atoms with Crippen molar-refractivity contribution in [1.29, 1.82) is 5.26 Å². The van der Waals surface area contributed by atoms with E-state index in [1.54, 1.807) is 6.08 Å². The molecule has 0 saturated heterocycles. The van der Waals surface area contributed by atoms with Gasteiger partial charge in [-0.2, -0.15) is 5.26 Å². The highest BCUT2D eigenvalue weighted by atomic mass is 32.1. The van der Waals surface area contributed by atoms with Gasteiger partial charge in [0.05, 0.1) is 12.8 Å². The maximum atomic E-state index is 11.5. The number of thiophene rings is 1. The molecule has 0 unspecified atom stereocenters. The highest BCUT2D eigenvalue weighted by molar-refractivity contribution is 7.17. The number of methoxy groups -OCH3 is 1. The molecular weight excluding hydrogens is 226 g/mol. The Bertz CT molecular complexity index is 459. The van der Waals surface area contributed by atoms with Gasteiger partial charge in [-0.3, -0.25) is 0 Å². The van der Waals surface area contributed by atoms with Crippen molar-refractivity contribution in [1.82, 2.24) is 0 Å². The number of nitrogens with two attached hydrogens (primary N) is 1. The van der Waals surface area contributed by atoms with Crippen molar-refractivity contribution in [3.63, 3.8) is 0 Å². The summed E-state index contributed by atoms with van der Waals surface area (Å²) in [7, 11) is 1.27. The first kappa shape index (κ1) is 12.1. The number of hydrogen-bond acceptors (Lipinski definition) is 6. The summed E-state index contributed by atoms with van der Waals surface area (Å²) in [5.41, 5.74) is 6.06. The quantitative estimate of drug-likeness (QED) is 0.613. The van der Waals surface area contributed by atoms with E-state index in [4.69, 9.17) is 11.0 Å². The fourth-order valence-electron chi connectivity index (χ4n) is 1.12. The van der Waals surface area contributed by atoms with Crippen LogP contribution in [0, 0.1) is 11.3 Å². The normalized spacial score (nSPS) is 9.25. The van der Waals surface area contributed by atoms with Gasteiger partial charge in [-0.05, 0) is 0 Å². The number of nitrogen functional groups attached to an aromatic ring is 1. The molecule has 0 amide bonds. The summed E-state index contributed by atoms with van der Waals surface area (Å²) in [6.07, 6.45) is 1.64. The third-order valence-electron chi connectivity index (χ3n) is 1.84. The van der Waals surface area contributed by atoms with Gasteiger partial charge >= 0.3 is 5.97 Å². The van der Waals surface area contributed by atoms with E-state index in [0.717, 1.165) is 11.3 Å². The van der Waals surface area contributed by atoms with Gasteiger partial charge in [0.25, 0.3) is 0 Å². The predicted octanol–water partition coefficient (Wildman–Crippen LogP) is 1.59. The molecule has 16 heavy (non-hydrogen) atoms. The van der Waals surface area contributed by atoms with E-state index in [2.05, 4.69) is 16.6 Å². The average Bonchev–Trinajstić information content (AvgIpc) is 2.62. The van der Waals surface area contributed by atoms with Gasteiger partial charge in [0.2, 0.25) is 0 Å². The zero-order valence-corrected chi connectivity index (χ0v) is 9.56. The first-order valence-corrected chi connectivity index (χ1v) is 5.22. The number of esters is 1. The lowest BCUT2D eigenvalue weighted by atomic mass is 10.2. The lowest BCUT2D eigenvalue weighted by Gasteiger charge is -2.03. The Hall–Kier alpha value is -2.00. The second-order valence-corrected chi connectivity index (χ2v) is 3.84. The Morgan fingerprint density at radius 2 is 2.50 bits per heavy atom. The lowest BCUT2D eigenvalue weighted by Crippen LogP contribution is -2.08. The van der Waals surface area contributed by atoms with Gasteiger partial charge in [-0.25, -0.2) is 4.79 Å². The number of rotatable bonds is 4. The third kappa shape index (κ3) is 2.15. The number of nitriles is 1. The van der Waals surface area contributed by atoms with Crippen LogP contribution < -0.4 is 11.1 Å². The van der Waals surface area contributed by atoms with Crippen LogP contribution in [0.1, 0.15) is 15.2 Å². The monoisotopic (exact) mass is 237 g/mol. The summed E-state index contributed by atoms with van der Waals surface area (Å²) in [5, 5.41) is 12.3. The van der Waals surface area contributed by atoms with Gasteiger partial charge in [-0.15, -0.1) is 17.9 Å². The lowest BCUT2D eigenvalue weighted by molar-refractivity contribution is 0.0603. The Morgan fingerprint density at radius 1 is 1.81 bits per heavy atom. The van der Waals surface area contributed by atoms with E-state index in [-0.39, 0.29) is 11.3 Å². The highest BCUT2D eigenvalue weighted by Gasteiger charge is 2.22. The molecule has 84 valence electrons. The second kappa shape index (κ2) is 5.19. The van der Waals surface area contributed by atoms with Crippen LogP contribution in [0.5, 0.6) is 0 Å². The van der Waals surface area contributed by atoms with Crippen LogP contribution in [0.4, 0.5) is 10.7 Å². The summed E-state index contributed by atoms with van der Waals surface area (Å²) < 4.78 is 4.61. The van der Waals surface area contributed by atoms with E-state index >= 15 is 0 Å². The Balaban J connectivity index is 3.20. The molecule has 0 saturated carbocycles. The number of anilines is 2. The number of nitrogens with one attached hydrogen (secondary N) is 1. The van der Waals surface area contributed by atoms with E-state index in [0.29, 0.717) is 16.4 Å². The topological polar surface area (TPSA) is 88.1 Å². The standard InChI is InChI=1S/C10H11N3O2S/c1-3-4-13-9-7(10(14)15-2)8(12)6(5-11)16-9/h3,13H,1,4,12H2,2H3. The van der Waals surface area contributed by atoms with Crippen LogP contribution in [-0.2, 0) is 4.74 Å². The summed E-state index contributed by atoms with van der Waals surface area (Å²) in [6.45, 7) is 4.03. The number of carbonyl (C=O) groups excluding carboxylic acids is 1. The molecule has 0 bridgehead atoms. The molecule has 5 nitrogen and oxygen atoms in total. The molecule has 0 aliphatic carbocycles. The van der Waals surface area contributed by atoms with Gasteiger partial charge < -0.3 is 15.8 Å². The van der Waals surface area contributed by atoms with Crippen molar-refractivity contribution in [3.05, 3.63) is 23.1 Å². The van der Waals surface area contributed by atoms with Gasteiger partial charge in [0.15, 0.2) is 0 Å². The largest absolute Gasteiger partial charge is 0.465 e. The number of carbonyl (C=O) groups is 1. The minimum Gasteiger partial charge on any atom is -0.465 e. The predicted molar refractivity (Wildman–Crippen MR) is 63.5 cm³/mol. The molecule has 0 aliphatic heterocycles. The van der Waals surface area contributed by atoms with Crippen molar-refractivity contribution in [3.8, 4) is 6.07 Å². The first-order chi connectivity index (χ1) is 7.65. The molecular formula is C10H11N3O2S. The Kier molecular flexibility index (Phi) is 3.91. The van der Waals surface area contributed by atoms with Crippen LogP contribution in [-0.4, -0.2) is 19.6 Å². The smallest absolute Gasteiger partial charge is 0.343 e. The molecule has 0 aromatic carbocycles. The summed E-state index contributed by atoms with van der Waals surface area (Å²) in [4.78, 5) is 11.8. The molecule has 1 aromatic rings. The highest BCUT2D eigenvalue weighted by Crippen LogP contribution is 2.35. The van der Waals surface area contributed by atoms with Crippen LogP contribution in [0.25, 0.3) is 0 Å². The fraction of sp³-hybridized carbons (Fsp3) is 0.200. The maximum Gasteiger partial charge on any atom is 0.343 e. The molecule has 6 heteroatoms.